The van der Waals surface area contributed by atoms with Crippen molar-refractivity contribution in [2.24, 2.45) is 0 Å². The predicted molar refractivity (Wildman–Crippen MR) is 120 cm³/mol. The van der Waals surface area contributed by atoms with Crippen molar-refractivity contribution < 1.29 is 18.7 Å². The molecule has 0 aliphatic carbocycles. The number of benzene rings is 2. The molecule has 7 heteroatoms. The molecule has 0 N–H and O–H groups in total. The first kappa shape index (κ1) is 22.0. The van der Waals surface area contributed by atoms with Crippen LogP contribution in [-0.4, -0.2) is 66.9 Å². The van der Waals surface area contributed by atoms with Gasteiger partial charge in [0, 0.05) is 13.1 Å². The quantitative estimate of drug-likeness (QED) is 0.650. The van der Waals surface area contributed by atoms with Gasteiger partial charge in [-0.25, -0.2) is 4.39 Å². The molecule has 0 saturated carbocycles. The SMILES string of the molecule is COc1ccc(CN2C(=O)C(c3ccc(F)cc3)=C(N(C)C3CCN(C)CC3)C2=O)cc1. The number of methoxy groups -OCH3 is 1. The van der Waals surface area contributed by atoms with Crippen LogP contribution in [0, 0.1) is 5.82 Å². The Morgan fingerprint density at radius 2 is 1.62 bits per heavy atom. The first-order valence-corrected chi connectivity index (χ1v) is 10.8. The van der Waals surface area contributed by atoms with E-state index in [1.807, 2.05) is 24.1 Å². The number of ether oxygens (including phenoxy) is 1. The van der Waals surface area contributed by atoms with E-state index in [4.69, 9.17) is 4.74 Å². The summed E-state index contributed by atoms with van der Waals surface area (Å²) in [5, 5.41) is 0. The molecule has 0 bridgehead atoms. The Labute approximate surface area is 187 Å². The van der Waals surface area contributed by atoms with Gasteiger partial charge in [-0.15, -0.1) is 0 Å². The molecular formula is C25H28FN3O3. The van der Waals surface area contributed by atoms with E-state index >= 15 is 0 Å². The molecule has 2 aliphatic heterocycles. The lowest BCUT2D eigenvalue weighted by Crippen LogP contribution is -2.43. The molecule has 2 aromatic rings. The third-order valence-corrected chi connectivity index (χ3v) is 6.36. The highest BCUT2D eigenvalue weighted by Gasteiger charge is 2.42. The number of imide groups is 1. The van der Waals surface area contributed by atoms with Crippen molar-refractivity contribution in [3.63, 3.8) is 0 Å². The van der Waals surface area contributed by atoms with Gasteiger partial charge in [0.1, 0.15) is 17.3 Å². The van der Waals surface area contributed by atoms with Gasteiger partial charge in [0.15, 0.2) is 0 Å². The third kappa shape index (κ3) is 4.25. The molecule has 4 rings (SSSR count). The average Bonchev–Trinajstić information content (AvgIpc) is 3.05. The van der Waals surface area contributed by atoms with E-state index in [0.29, 0.717) is 22.6 Å². The van der Waals surface area contributed by atoms with E-state index in [2.05, 4.69) is 11.9 Å². The molecule has 0 aromatic heterocycles. The standard InChI is InChI=1S/C25H28FN3O3/c1-27-14-12-20(13-15-27)28(2)23-22(18-6-8-19(26)9-7-18)24(30)29(25(23)31)16-17-4-10-21(32-3)11-5-17/h4-11,20H,12-16H2,1-3H3. The van der Waals surface area contributed by atoms with Crippen LogP contribution < -0.4 is 4.74 Å². The zero-order valence-electron chi connectivity index (χ0n) is 18.7. The lowest BCUT2D eigenvalue weighted by molar-refractivity contribution is -0.138. The van der Waals surface area contributed by atoms with Gasteiger partial charge < -0.3 is 14.5 Å². The second-order valence-corrected chi connectivity index (χ2v) is 8.42. The van der Waals surface area contributed by atoms with Gasteiger partial charge >= 0.3 is 0 Å². The van der Waals surface area contributed by atoms with Gasteiger partial charge in [-0.05, 0) is 68.4 Å². The molecule has 168 valence electrons. The Bertz CT molecular complexity index is 1030. The zero-order valence-corrected chi connectivity index (χ0v) is 18.7. The summed E-state index contributed by atoms with van der Waals surface area (Å²) in [5.41, 5.74) is 2.11. The number of amides is 2. The molecule has 1 fully saturated rings. The van der Waals surface area contributed by atoms with Crippen molar-refractivity contribution >= 4 is 17.4 Å². The second-order valence-electron chi connectivity index (χ2n) is 8.42. The number of piperidine rings is 1. The molecule has 2 amide bonds. The molecule has 2 aliphatic rings. The number of nitrogens with zero attached hydrogens (tertiary/aromatic N) is 3. The summed E-state index contributed by atoms with van der Waals surface area (Å²) < 4.78 is 18.7. The van der Waals surface area contributed by atoms with Crippen molar-refractivity contribution in [2.45, 2.75) is 25.4 Å². The number of hydrogen-bond acceptors (Lipinski definition) is 5. The maximum atomic E-state index is 13.6. The van der Waals surface area contributed by atoms with E-state index in [1.165, 1.54) is 17.0 Å². The van der Waals surface area contributed by atoms with Crippen LogP contribution in [0.5, 0.6) is 5.75 Å². The van der Waals surface area contributed by atoms with Gasteiger partial charge in [-0.1, -0.05) is 24.3 Å². The largest absolute Gasteiger partial charge is 0.497 e. The van der Waals surface area contributed by atoms with Crippen LogP contribution in [0.15, 0.2) is 54.2 Å². The number of likely N-dealkylation sites (N-methyl/N-ethyl adjacent to an activating group) is 1. The minimum atomic E-state index is -0.383. The van der Waals surface area contributed by atoms with E-state index in [-0.39, 0.29) is 30.2 Å². The van der Waals surface area contributed by atoms with Gasteiger partial charge in [0.2, 0.25) is 0 Å². The lowest BCUT2D eigenvalue weighted by atomic mass is 10.00. The van der Waals surface area contributed by atoms with Gasteiger partial charge in [-0.3, -0.25) is 14.5 Å². The highest BCUT2D eigenvalue weighted by atomic mass is 19.1. The molecule has 1 saturated heterocycles. The van der Waals surface area contributed by atoms with Crippen LogP contribution in [0.4, 0.5) is 4.39 Å². The van der Waals surface area contributed by atoms with Crippen molar-refractivity contribution in [3.8, 4) is 5.75 Å². The first-order chi connectivity index (χ1) is 15.4. The zero-order chi connectivity index (χ0) is 22.8. The normalized spacial score (nSPS) is 17.9. The van der Waals surface area contributed by atoms with Gasteiger partial charge in [0.25, 0.3) is 11.8 Å². The van der Waals surface area contributed by atoms with Gasteiger partial charge in [0.05, 0.1) is 19.2 Å². The lowest BCUT2D eigenvalue weighted by Gasteiger charge is -2.36. The van der Waals surface area contributed by atoms with E-state index in [0.717, 1.165) is 31.5 Å². The van der Waals surface area contributed by atoms with E-state index in [1.54, 1.807) is 31.4 Å². The Kier molecular flexibility index (Phi) is 6.28. The molecule has 0 spiro atoms. The second kappa shape index (κ2) is 9.12. The fourth-order valence-electron chi connectivity index (χ4n) is 4.39. The highest BCUT2D eigenvalue weighted by Crippen LogP contribution is 2.34. The molecule has 2 heterocycles. The summed E-state index contributed by atoms with van der Waals surface area (Å²) in [6.07, 6.45) is 1.82. The minimum absolute atomic E-state index is 0.161. The molecule has 32 heavy (non-hydrogen) atoms. The van der Waals surface area contributed by atoms with Crippen LogP contribution in [-0.2, 0) is 16.1 Å². The summed E-state index contributed by atoms with van der Waals surface area (Å²) in [6.45, 7) is 2.04. The minimum Gasteiger partial charge on any atom is -0.497 e. The summed E-state index contributed by atoms with van der Waals surface area (Å²) in [5.74, 6) is -0.342. The van der Waals surface area contributed by atoms with E-state index < -0.39 is 0 Å². The van der Waals surface area contributed by atoms with Crippen LogP contribution in [0.2, 0.25) is 0 Å². The van der Waals surface area contributed by atoms with E-state index in [9.17, 15) is 14.0 Å². The first-order valence-electron chi connectivity index (χ1n) is 10.8. The molecular weight excluding hydrogens is 409 g/mol. The van der Waals surface area contributed by atoms with Gasteiger partial charge in [-0.2, -0.15) is 0 Å². The number of likely N-dealkylation sites (tertiary alicyclic amines) is 1. The molecule has 6 nitrogen and oxygen atoms in total. The number of hydrogen-bond donors (Lipinski definition) is 0. The molecule has 2 aromatic carbocycles. The Morgan fingerprint density at radius 1 is 1.00 bits per heavy atom. The van der Waals surface area contributed by atoms with Crippen LogP contribution in [0.3, 0.4) is 0 Å². The van der Waals surface area contributed by atoms with Crippen LogP contribution >= 0.6 is 0 Å². The Morgan fingerprint density at radius 3 is 2.22 bits per heavy atom. The highest BCUT2D eigenvalue weighted by molar-refractivity contribution is 6.35. The molecule has 0 atom stereocenters. The average molecular weight is 438 g/mol. The summed E-state index contributed by atoms with van der Waals surface area (Å²) in [7, 11) is 5.56. The number of rotatable bonds is 6. The Balaban J connectivity index is 1.68. The topological polar surface area (TPSA) is 53.1 Å². The summed E-state index contributed by atoms with van der Waals surface area (Å²) in [4.78, 5) is 32.5. The third-order valence-electron chi connectivity index (χ3n) is 6.36. The van der Waals surface area contributed by atoms with Crippen molar-refractivity contribution in [3.05, 3.63) is 71.2 Å². The maximum Gasteiger partial charge on any atom is 0.278 e. The van der Waals surface area contributed by atoms with Crippen LogP contribution in [0.25, 0.3) is 5.57 Å². The summed E-state index contributed by atoms with van der Waals surface area (Å²) >= 11 is 0. The predicted octanol–water partition coefficient (Wildman–Crippen LogP) is 3.14. The van der Waals surface area contributed by atoms with Crippen LogP contribution in [0.1, 0.15) is 24.0 Å². The fourth-order valence-corrected chi connectivity index (χ4v) is 4.39. The molecule has 0 unspecified atom stereocenters. The summed E-state index contributed by atoms with van der Waals surface area (Å²) in [6, 6.07) is 13.2. The number of carbonyl (C=O) groups excluding carboxylic acids is 2. The Hall–Kier alpha value is -3.19. The molecule has 0 radical (unpaired) electrons. The van der Waals surface area contributed by atoms with Crippen molar-refractivity contribution in [2.75, 3.05) is 34.3 Å². The number of carbonyl (C=O) groups is 2. The number of halogens is 1. The smallest absolute Gasteiger partial charge is 0.278 e. The monoisotopic (exact) mass is 437 g/mol. The fraction of sp³-hybridized carbons (Fsp3) is 0.360. The maximum absolute atomic E-state index is 13.6. The van der Waals surface area contributed by atoms with Crippen molar-refractivity contribution in [1.82, 2.24) is 14.7 Å². The van der Waals surface area contributed by atoms with Crippen molar-refractivity contribution in [1.29, 1.82) is 0 Å².